The van der Waals surface area contributed by atoms with E-state index >= 15 is 0 Å². The van der Waals surface area contributed by atoms with Gasteiger partial charge in [0.25, 0.3) is 0 Å². The first-order chi connectivity index (χ1) is 10.0. The second-order valence-corrected chi connectivity index (χ2v) is 6.71. The molecule has 0 spiro atoms. The Bertz CT molecular complexity index is 466. The van der Waals surface area contributed by atoms with Gasteiger partial charge in [-0.05, 0) is 32.6 Å². The van der Waals surface area contributed by atoms with E-state index in [4.69, 9.17) is 4.98 Å². The van der Waals surface area contributed by atoms with Crippen LogP contribution in [0, 0.1) is 12.8 Å². The molecular formula is C17H30N4. The van der Waals surface area contributed by atoms with E-state index in [2.05, 4.69) is 50.2 Å². The number of hydrogen-bond acceptors (Lipinski definition) is 4. The first-order valence-electron chi connectivity index (χ1n) is 8.40. The van der Waals surface area contributed by atoms with Crippen LogP contribution in [0.2, 0.25) is 0 Å². The Labute approximate surface area is 129 Å². The molecule has 0 aromatic carbocycles. The molecule has 1 atom stereocenters. The predicted molar refractivity (Wildman–Crippen MR) is 90.1 cm³/mol. The minimum Gasteiger partial charge on any atom is -0.370 e. The van der Waals surface area contributed by atoms with Crippen molar-refractivity contribution in [1.82, 2.24) is 9.97 Å². The van der Waals surface area contributed by atoms with Gasteiger partial charge in [-0.2, -0.15) is 0 Å². The molecule has 0 aliphatic heterocycles. The van der Waals surface area contributed by atoms with Gasteiger partial charge in [-0.15, -0.1) is 0 Å². The van der Waals surface area contributed by atoms with E-state index in [9.17, 15) is 0 Å². The molecule has 4 heteroatoms. The summed E-state index contributed by atoms with van der Waals surface area (Å²) in [5.41, 5.74) is 1.13. The van der Waals surface area contributed by atoms with Crippen LogP contribution in [0.25, 0.3) is 0 Å². The van der Waals surface area contributed by atoms with Gasteiger partial charge in [0.1, 0.15) is 17.5 Å². The van der Waals surface area contributed by atoms with Gasteiger partial charge >= 0.3 is 0 Å². The molecule has 4 nitrogen and oxygen atoms in total. The molecule has 0 bridgehead atoms. The van der Waals surface area contributed by atoms with Crippen molar-refractivity contribution in [1.29, 1.82) is 0 Å². The molecule has 1 aliphatic rings. The Morgan fingerprint density at radius 2 is 1.81 bits per heavy atom. The highest BCUT2D eigenvalue weighted by molar-refractivity contribution is 5.57. The highest BCUT2D eigenvalue weighted by Gasteiger charge is 2.24. The third kappa shape index (κ3) is 4.58. The molecule has 1 aliphatic carbocycles. The molecule has 21 heavy (non-hydrogen) atoms. The Morgan fingerprint density at radius 1 is 1.14 bits per heavy atom. The summed E-state index contributed by atoms with van der Waals surface area (Å²) in [6, 6.07) is 0.477. The molecule has 0 radical (unpaired) electrons. The van der Waals surface area contributed by atoms with Crippen molar-refractivity contribution >= 4 is 11.6 Å². The van der Waals surface area contributed by atoms with Crippen LogP contribution < -0.4 is 10.6 Å². The van der Waals surface area contributed by atoms with E-state index in [-0.39, 0.29) is 0 Å². The lowest BCUT2D eigenvalue weighted by Crippen LogP contribution is -2.19. The minimum absolute atomic E-state index is 0.340. The largest absolute Gasteiger partial charge is 0.370 e. The summed E-state index contributed by atoms with van der Waals surface area (Å²) >= 11 is 0. The van der Waals surface area contributed by atoms with Crippen molar-refractivity contribution in [2.75, 3.05) is 17.2 Å². The average Bonchev–Trinajstić information content (AvgIpc) is 3.23. The number of anilines is 2. The number of aromatic nitrogens is 2. The number of nitrogens with one attached hydrogen (secondary N) is 2. The monoisotopic (exact) mass is 290 g/mol. The molecule has 118 valence electrons. The highest BCUT2D eigenvalue weighted by atomic mass is 15.1. The van der Waals surface area contributed by atoms with Crippen LogP contribution in [0.5, 0.6) is 0 Å². The SMILES string of the molecule is CCCNc1nc(C(C)C)nc(NC(C)CC2CC2)c1C. The van der Waals surface area contributed by atoms with Crippen LogP contribution in [0.4, 0.5) is 11.6 Å². The molecule has 2 rings (SSSR count). The Kier molecular flexibility index (Phi) is 5.43. The van der Waals surface area contributed by atoms with Gasteiger partial charge in [0, 0.05) is 24.1 Å². The lowest BCUT2D eigenvalue weighted by atomic mass is 10.1. The highest BCUT2D eigenvalue weighted by Crippen LogP contribution is 2.34. The molecule has 1 unspecified atom stereocenters. The first-order valence-corrected chi connectivity index (χ1v) is 8.40. The van der Waals surface area contributed by atoms with Crippen LogP contribution in [-0.2, 0) is 0 Å². The van der Waals surface area contributed by atoms with Crippen LogP contribution in [0.15, 0.2) is 0 Å². The summed E-state index contributed by atoms with van der Waals surface area (Å²) in [4.78, 5) is 9.43. The van der Waals surface area contributed by atoms with Crippen molar-refractivity contribution in [2.24, 2.45) is 5.92 Å². The second kappa shape index (κ2) is 7.10. The smallest absolute Gasteiger partial charge is 0.135 e. The molecule has 1 saturated carbocycles. The van der Waals surface area contributed by atoms with Gasteiger partial charge < -0.3 is 10.6 Å². The molecule has 1 heterocycles. The topological polar surface area (TPSA) is 49.8 Å². The zero-order valence-electron chi connectivity index (χ0n) is 14.2. The summed E-state index contributed by atoms with van der Waals surface area (Å²) in [6.45, 7) is 11.8. The van der Waals surface area contributed by atoms with Crippen LogP contribution in [0.3, 0.4) is 0 Å². The zero-order chi connectivity index (χ0) is 15.4. The van der Waals surface area contributed by atoms with Crippen molar-refractivity contribution in [2.45, 2.75) is 72.3 Å². The molecule has 1 fully saturated rings. The van der Waals surface area contributed by atoms with Crippen LogP contribution in [-0.4, -0.2) is 22.6 Å². The molecule has 0 saturated heterocycles. The Balaban J connectivity index is 2.17. The van der Waals surface area contributed by atoms with E-state index < -0.39 is 0 Å². The predicted octanol–water partition coefficient (Wildman–Crippen LogP) is 4.33. The van der Waals surface area contributed by atoms with E-state index in [1.165, 1.54) is 19.3 Å². The van der Waals surface area contributed by atoms with E-state index in [1.807, 2.05) is 0 Å². The Hall–Kier alpha value is -1.32. The van der Waals surface area contributed by atoms with Gasteiger partial charge in [0.15, 0.2) is 0 Å². The third-order valence-electron chi connectivity index (χ3n) is 3.99. The summed E-state index contributed by atoms with van der Waals surface area (Å²) in [5, 5.41) is 7.04. The van der Waals surface area contributed by atoms with Crippen molar-refractivity contribution < 1.29 is 0 Å². The lowest BCUT2D eigenvalue weighted by molar-refractivity contribution is 0.637. The number of hydrogen-bond donors (Lipinski definition) is 2. The maximum Gasteiger partial charge on any atom is 0.135 e. The first kappa shape index (κ1) is 16.1. The maximum atomic E-state index is 4.75. The fourth-order valence-corrected chi connectivity index (χ4v) is 2.49. The van der Waals surface area contributed by atoms with Crippen molar-refractivity contribution in [3.63, 3.8) is 0 Å². The lowest BCUT2D eigenvalue weighted by Gasteiger charge is -2.19. The molecule has 0 amide bonds. The number of rotatable bonds is 8. The van der Waals surface area contributed by atoms with Crippen LogP contribution >= 0.6 is 0 Å². The summed E-state index contributed by atoms with van der Waals surface area (Å²) in [5.74, 6) is 4.17. The van der Waals surface area contributed by atoms with E-state index in [0.29, 0.717) is 12.0 Å². The van der Waals surface area contributed by atoms with Gasteiger partial charge in [-0.3, -0.25) is 0 Å². The fourth-order valence-electron chi connectivity index (χ4n) is 2.49. The molecule has 2 N–H and O–H groups in total. The summed E-state index contributed by atoms with van der Waals surface area (Å²) in [7, 11) is 0. The van der Waals surface area contributed by atoms with Crippen molar-refractivity contribution in [3.05, 3.63) is 11.4 Å². The minimum atomic E-state index is 0.340. The maximum absolute atomic E-state index is 4.75. The quantitative estimate of drug-likeness (QED) is 0.748. The average molecular weight is 290 g/mol. The third-order valence-corrected chi connectivity index (χ3v) is 3.99. The van der Waals surface area contributed by atoms with Gasteiger partial charge in [0.05, 0.1) is 0 Å². The van der Waals surface area contributed by atoms with Gasteiger partial charge in [0.2, 0.25) is 0 Å². The zero-order valence-corrected chi connectivity index (χ0v) is 14.2. The standard InChI is InChI=1S/C17H30N4/c1-6-9-18-16-13(5)17(21-15(20-16)11(2)3)19-12(4)10-14-7-8-14/h11-12,14H,6-10H2,1-5H3,(H2,18,19,20,21). The number of nitrogens with zero attached hydrogens (tertiary/aromatic N) is 2. The Morgan fingerprint density at radius 3 is 2.38 bits per heavy atom. The normalized spacial score (nSPS) is 16.1. The second-order valence-electron chi connectivity index (χ2n) is 6.71. The van der Waals surface area contributed by atoms with Gasteiger partial charge in [-0.25, -0.2) is 9.97 Å². The molecular weight excluding hydrogens is 260 g/mol. The fraction of sp³-hybridized carbons (Fsp3) is 0.765. The van der Waals surface area contributed by atoms with Gasteiger partial charge in [-0.1, -0.05) is 33.6 Å². The summed E-state index contributed by atoms with van der Waals surface area (Å²) in [6.07, 6.45) is 5.14. The molecule has 1 aromatic heterocycles. The molecule has 1 aromatic rings. The van der Waals surface area contributed by atoms with Crippen molar-refractivity contribution in [3.8, 4) is 0 Å². The van der Waals surface area contributed by atoms with E-state index in [0.717, 1.165) is 41.9 Å². The van der Waals surface area contributed by atoms with E-state index in [1.54, 1.807) is 0 Å². The van der Waals surface area contributed by atoms with Crippen LogP contribution in [0.1, 0.15) is 70.7 Å². The summed E-state index contributed by atoms with van der Waals surface area (Å²) < 4.78 is 0.